The summed E-state index contributed by atoms with van der Waals surface area (Å²) < 4.78 is 13.1. The van der Waals surface area contributed by atoms with Crippen LogP contribution in [0.4, 0.5) is 21.7 Å². The van der Waals surface area contributed by atoms with Crippen molar-refractivity contribution >= 4 is 17.3 Å². The maximum absolute atomic E-state index is 13.1. The van der Waals surface area contributed by atoms with Gasteiger partial charge in [-0.1, -0.05) is 13.0 Å². The molecule has 1 aromatic heterocycles. The van der Waals surface area contributed by atoms with E-state index in [4.69, 9.17) is 0 Å². The molecule has 0 saturated carbocycles. The van der Waals surface area contributed by atoms with Gasteiger partial charge in [0.2, 0.25) is 5.95 Å². The minimum atomic E-state index is -0.269. The van der Waals surface area contributed by atoms with Gasteiger partial charge in [-0.2, -0.15) is 0 Å². The fourth-order valence-corrected chi connectivity index (χ4v) is 4.04. The third kappa shape index (κ3) is 3.70. The summed E-state index contributed by atoms with van der Waals surface area (Å²) in [6.07, 6.45) is 2.85. The number of nitrogens with zero attached hydrogens (tertiary/aromatic N) is 2. The first-order valence-electron chi connectivity index (χ1n) is 9.59. The molecular formula is C23H25FN4. The van der Waals surface area contributed by atoms with Crippen molar-refractivity contribution in [2.24, 2.45) is 0 Å². The molecule has 1 aliphatic rings. The van der Waals surface area contributed by atoms with Gasteiger partial charge in [0.05, 0.1) is 5.69 Å². The summed E-state index contributed by atoms with van der Waals surface area (Å²) in [5.41, 5.74) is 6.49. The number of fused-ring (bicyclic) bond motifs is 1. The SMILES string of the molecule is Cc1cc2c(cc1-c1ccnc(Nc3ccc(F)cc3)n1)NC(C)(C)C[C@@H]2C. The minimum Gasteiger partial charge on any atom is -0.380 e. The Bertz CT molecular complexity index is 1010. The van der Waals surface area contributed by atoms with Crippen LogP contribution in [0.1, 0.15) is 44.2 Å². The Morgan fingerprint density at radius 3 is 2.64 bits per heavy atom. The van der Waals surface area contributed by atoms with Crippen molar-refractivity contribution in [1.82, 2.24) is 9.97 Å². The van der Waals surface area contributed by atoms with E-state index >= 15 is 0 Å². The number of hydrogen-bond donors (Lipinski definition) is 2. The number of aryl methyl sites for hydroxylation is 1. The number of hydrogen-bond acceptors (Lipinski definition) is 4. The molecule has 0 fully saturated rings. The van der Waals surface area contributed by atoms with E-state index in [1.54, 1.807) is 18.3 Å². The zero-order chi connectivity index (χ0) is 19.9. The van der Waals surface area contributed by atoms with Crippen LogP contribution in [0.15, 0.2) is 48.7 Å². The van der Waals surface area contributed by atoms with Gasteiger partial charge in [0.1, 0.15) is 5.82 Å². The van der Waals surface area contributed by atoms with E-state index in [1.165, 1.54) is 28.9 Å². The van der Waals surface area contributed by atoms with Gasteiger partial charge < -0.3 is 10.6 Å². The number of anilines is 3. The zero-order valence-electron chi connectivity index (χ0n) is 16.7. The molecule has 2 N–H and O–H groups in total. The maximum Gasteiger partial charge on any atom is 0.227 e. The Kier molecular flexibility index (Phi) is 4.53. The number of benzene rings is 2. The highest BCUT2D eigenvalue weighted by Gasteiger charge is 2.29. The van der Waals surface area contributed by atoms with Gasteiger partial charge >= 0.3 is 0 Å². The molecular weight excluding hydrogens is 351 g/mol. The van der Waals surface area contributed by atoms with Crippen molar-refractivity contribution < 1.29 is 4.39 Å². The van der Waals surface area contributed by atoms with Gasteiger partial charge in [-0.25, -0.2) is 14.4 Å². The highest BCUT2D eigenvalue weighted by molar-refractivity contribution is 5.73. The third-order valence-corrected chi connectivity index (χ3v) is 5.25. The third-order valence-electron chi connectivity index (χ3n) is 5.25. The molecule has 0 saturated heterocycles. The van der Waals surface area contributed by atoms with E-state index in [9.17, 15) is 4.39 Å². The first-order chi connectivity index (χ1) is 13.3. The molecule has 4 nitrogen and oxygen atoms in total. The molecule has 1 aliphatic heterocycles. The Labute approximate surface area is 165 Å². The van der Waals surface area contributed by atoms with Crippen LogP contribution in [0.2, 0.25) is 0 Å². The molecule has 0 amide bonds. The average Bonchev–Trinajstić information content (AvgIpc) is 2.63. The van der Waals surface area contributed by atoms with E-state index in [2.05, 4.69) is 60.4 Å². The molecule has 5 heteroatoms. The van der Waals surface area contributed by atoms with E-state index in [-0.39, 0.29) is 11.4 Å². The Hall–Kier alpha value is -2.95. The minimum absolute atomic E-state index is 0.0694. The summed E-state index contributed by atoms with van der Waals surface area (Å²) in [4.78, 5) is 8.99. The molecule has 0 radical (unpaired) electrons. The van der Waals surface area contributed by atoms with Gasteiger partial charge in [-0.05, 0) is 80.6 Å². The van der Waals surface area contributed by atoms with Gasteiger partial charge in [-0.3, -0.25) is 0 Å². The Morgan fingerprint density at radius 1 is 1.14 bits per heavy atom. The van der Waals surface area contributed by atoms with Crippen LogP contribution in [0.3, 0.4) is 0 Å². The van der Waals surface area contributed by atoms with Crippen LogP contribution in [0, 0.1) is 12.7 Å². The predicted octanol–water partition coefficient (Wildman–Crippen LogP) is 6.03. The van der Waals surface area contributed by atoms with Crippen molar-refractivity contribution in [2.45, 2.75) is 45.6 Å². The largest absolute Gasteiger partial charge is 0.380 e. The van der Waals surface area contributed by atoms with Crippen molar-refractivity contribution in [2.75, 3.05) is 10.6 Å². The molecule has 28 heavy (non-hydrogen) atoms. The van der Waals surface area contributed by atoms with Gasteiger partial charge in [0.25, 0.3) is 0 Å². The number of nitrogens with one attached hydrogen (secondary N) is 2. The molecule has 0 aliphatic carbocycles. The highest BCUT2D eigenvalue weighted by Crippen LogP contribution is 2.41. The summed E-state index contributed by atoms with van der Waals surface area (Å²) in [7, 11) is 0. The molecule has 4 rings (SSSR count). The van der Waals surface area contributed by atoms with E-state index in [0.717, 1.165) is 23.4 Å². The van der Waals surface area contributed by atoms with Crippen LogP contribution in [0.5, 0.6) is 0 Å². The van der Waals surface area contributed by atoms with Crippen LogP contribution >= 0.6 is 0 Å². The molecule has 0 spiro atoms. The molecule has 0 bridgehead atoms. The summed E-state index contributed by atoms with van der Waals surface area (Å²) >= 11 is 0. The molecule has 2 aromatic carbocycles. The normalized spacial score (nSPS) is 17.5. The van der Waals surface area contributed by atoms with Gasteiger partial charge in [-0.15, -0.1) is 0 Å². The Morgan fingerprint density at radius 2 is 1.89 bits per heavy atom. The smallest absolute Gasteiger partial charge is 0.227 e. The summed E-state index contributed by atoms with van der Waals surface area (Å²) in [5, 5.41) is 6.81. The fraction of sp³-hybridized carbons (Fsp3) is 0.304. The van der Waals surface area contributed by atoms with Gasteiger partial charge in [0, 0.05) is 28.7 Å². The lowest BCUT2D eigenvalue weighted by atomic mass is 9.80. The van der Waals surface area contributed by atoms with Crippen LogP contribution in [0.25, 0.3) is 11.3 Å². The van der Waals surface area contributed by atoms with Crippen molar-refractivity contribution in [3.05, 3.63) is 65.6 Å². The topological polar surface area (TPSA) is 49.8 Å². The van der Waals surface area contributed by atoms with Crippen LogP contribution < -0.4 is 10.6 Å². The molecule has 144 valence electrons. The summed E-state index contributed by atoms with van der Waals surface area (Å²) in [5.74, 6) is 0.734. The number of aromatic nitrogens is 2. The van der Waals surface area contributed by atoms with Gasteiger partial charge in [0.15, 0.2) is 0 Å². The number of halogens is 1. The van der Waals surface area contributed by atoms with Crippen LogP contribution in [-0.4, -0.2) is 15.5 Å². The quantitative estimate of drug-likeness (QED) is 0.586. The van der Waals surface area contributed by atoms with Crippen molar-refractivity contribution in [3.63, 3.8) is 0 Å². The second kappa shape index (κ2) is 6.89. The standard InChI is InChI=1S/C23H25FN4/c1-14-11-18-15(2)13-23(3,4)28-21(18)12-19(14)20-9-10-25-22(27-20)26-17-7-5-16(24)6-8-17/h5-12,15,28H,13H2,1-4H3,(H,25,26,27)/t15-/m0/s1. The summed E-state index contributed by atoms with van der Waals surface area (Å²) in [6.45, 7) is 8.88. The predicted molar refractivity (Wildman–Crippen MR) is 113 cm³/mol. The zero-order valence-corrected chi connectivity index (χ0v) is 16.7. The monoisotopic (exact) mass is 376 g/mol. The molecule has 1 atom stereocenters. The molecule has 0 unspecified atom stereocenters. The lowest BCUT2D eigenvalue weighted by Gasteiger charge is -2.38. The maximum atomic E-state index is 13.1. The molecule has 3 aromatic rings. The fourth-order valence-electron chi connectivity index (χ4n) is 4.04. The summed E-state index contributed by atoms with van der Waals surface area (Å²) in [6, 6.07) is 12.6. The first-order valence-corrected chi connectivity index (χ1v) is 9.59. The molecule has 2 heterocycles. The van der Waals surface area contributed by atoms with E-state index < -0.39 is 0 Å². The van der Waals surface area contributed by atoms with Crippen LogP contribution in [-0.2, 0) is 0 Å². The average molecular weight is 376 g/mol. The van der Waals surface area contributed by atoms with Crippen molar-refractivity contribution in [3.8, 4) is 11.3 Å². The Balaban J connectivity index is 1.69. The van der Waals surface area contributed by atoms with E-state index in [0.29, 0.717) is 11.9 Å². The second-order valence-corrected chi connectivity index (χ2v) is 8.27. The number of rotatable bonds is 3. The van der Waals surface area contributed by atoms with Crippen molar-refractivity contribution in [1.29, 1.82) is 0 Å². The first kappa shape index (κ1) is 18.4. The van der Waals surface area contributed by atoms with E-state index in [1.807, 2.05) is 6.07 Å². The lowest BCUT2D eigenvalue weighted by molar-refractivity contribution is 0.454. The lowest BCUT2D eigenvalue weighted by Crippen LogP contribution is -2.36. The highest BCUT2D eigenvalue weighted by atomic mass is 19.1. The second-order valence-electron chi connectivity index (χ2n) is 8.27.